The maximum atomic E-state index is 13.3. The zero-order valence-corrected chi connectivity index (χ0v) is 16.4. The zero-order chi connectivity index (χ0) is 21.4. The number of piperidine rings is 1. The second-order valence-corrected chi connectivity index (χ2v) is 7.89. The average molecular weight is 416 g/mol. The van der Waals surface area contributed by atoms with E-state index in [-0.39, 0.29) is 29.1 Å². The van der Waals surface area contributed by atoms with Gasteiger partial charge in [0, 0.05) is 49.1 Å². The molecule has 1 fully saturated rings. The van der Waals surface area contributed by atoms with Crippen LogP contribution in [0.2, 0.25) is 0 Å². The van der Waals surface area contributed by atoms with Crippen molar-refractivity contribution in [2.24, 2.45) is 5.92 Å². The third-order valence-corrected chi connectivity index (χ3v) is 5.69. The smallest absolute Gasteiger partial charge is 0.318 e. The minimum absolute atomic E-state index is 0.0253. The average Bonchev–Trinajstić information content (AvgIpc) is 2.71. The Labute approximate surface area is 171 Å². The van der Waals surface area contributed by atoms with Crippen LogP contribution in [-0.4, -0.2) is 40.5 Å². The fourth-order valence-corrected chi connectivity index (χ4v) is 4.23. The van der Waals surface area contributed by atoms with E-state index < -0.39 is 23.6 Å². The molecule has 0 spiro atoms. The summed E-state index contributed by atoms with van der Waals surface area (Å²) in [5.74, 6) is -2.36. The third kappa shape index (κ3) is 3.92. The van der Waals surface area contributed by atoms with Crippen LogP contribution in [-0.2, 0) is 11.3 Å². The molecule has 7 nitrogen and oxygen atoms in total. The van der Waals surface area contributed by atoms with Crippen LogP contribution in [0.15, 0.2) is 41.2 Å². The predicted octanol–water partition coefficient (Wildman–Crippen LogP) is 2.28. The number of rotatable bonds is 3. The highest BCUT2D eigenvalue weighted by molar-refractivity contribution is 5.96. The summed E-state index contributed by atoms with van der Waals surface area (Å²) in [7, 11) is 0. The summed E-state index contributed by atoms with van der Waals surface area (Å²) < 4.78 is 28.1. The van der Waals surface area contributed by atoms with E-state index in [4.69, 9.17) is 0 Å². The lowest BCUT2D eigenvalue weighted by molar-refractivity contribution is -0.117. The number of hydrogen-bond donors (Lipinski definition) is 2. The summed E-state index contributed by atoms with van der Waals surface area (Å²) in [5, 5.41) is 5.12. The van der Waals surface area contributed by atoms with Crippen molar-refractivity contribution in [1.29, 1.82) is 0 Å². The zero-order valence-electron chi connectivity index (χ0n) is 16.4. The van der Waals surface area contributed by atoms with E-state index in [0.717, 1.165) is 24.2 Å². The summed E-state index contributed by atoms with van der Waals surface area (Å²) in [6.07, 6.45) is 0.916. The molecule has 1 aromatic heterocycles. The number of aromatic nitrogens is 1. The van der Waals surface area contributed by atoms with Crippen molar-refractivity contribution in [2.75, 3.05) is 18.4 Å². The molecule has 158 valence electrons. The summed E-state index contributed by atoms with van der Waals surface area (Å²) >= 11 is 0. The molecule has 3 atom stereocenters. The number of urea groups is 1. The number of fused-ring (bicyclic) bond motifs is 4. The Balaban J connectivity index is 1.39. The number of carbonyl (C=O) groups excluding carboxylic acids is 2. The topological polar surface area (TPSA) is 83.4 Å². The van der Waals surface area contributed by atoms with Gasteiger partial charge < -0.3 is 20.1 Å². The third-order valence-electron chi connectivity index (χ3n) is 5.69. The van der Waals surface area contributed by atoms with Gasteiger partial charge >= 0.3 is 6.03 Å². The molecule has 3 amide bonds. The second-order valence-electron chi connectivity index (χ2n) is 7.89. The summed E-state index contributed by atoms with van der Waals surface area (Å²) in [6.45, 7) is 3.05. The maximum Gasteiger partial charge on any atom is 0.318 e. The van der Waals surface area contributed by atoms with Crippen molar-refractivity contribution >= 4 is 17.6 Å². The normalized spacial score (nSPS) is 20.8. The molecule has 2 aliphatic heterocycles. The number of nitrogens with zero attached hydrogens (tertiary/aromatic N) is 2. The van der Waals surface area contributed by atoms with Gasteiger partial charge in [-0.25, -0.2) is 13.6 Å². The number of amides is 3. The molecule has 0 unspecified atom stereocenters. The van der Waals surface area contributed by atoms with E-state index in [2.05, 4.69) is 10.6 Å². The molecular weight excluding hydrogens is 394 g/mol. The molecule has 0 radical (unpaired) electrons. The Morgan fingerprint density at radius 1 is 1.10 bits per heavy atom. The van der Waals surface area contributed by atoms with Crippen LogP contribution in [0.3, 0.4) is 0 Å². The molecule has 1 aromatic carbocycles. The van der Waals surface area contributed by atoms with E-state index in [1.165, 1.54) is 13.0 Å². The van der Waals surface area contributed by atoms with Gasteiger partial charge in [-0.05, 0) is 37.5 Å². The van der Waals surface area contributed by atoms with Crippen LogP contribution >= 0.6 is 0 Å². The number of likely N-dealkylation sites (tertiary alicyclic amines) is 1. The molecule has 1 saturated heterocycles. The molecule has 0 saturated carbocycles. The molecule has 2 aliphatic rings. The fraction of sp³-hybridized carbons (Fsp3) is 0.381. The molecular formula is C21H22F2N4O3. The van der Waals surface area contributed by atoms with Gasteiger partial charge in [0.1, 0.15) is 6.04 Å². The first-order valence-corrected chi connectivity index (χ1v) is 9.83. The Kier molecular flexibility index (Phi) is 5.27. The summed E-state index contributed by atoms with van der Waals surface area (Å²) in [6, 6.07) is 7.00. The Bertz CT molecular complexity index is 1050. The second kappa shape index (κ2) is 7.89. The molecule has 9 heteroatoms. The maximum absolute atomic E-state index is 13.3. The number of nitrogens with one attached hydrogen (secondary N) is 2. The number of pyridine rings is 1. The van der Waals surface area contributed by atoms with Crippen molar-refractivity contribution in [3.8, 4) is 0 Å². The van der Waals surface area contributed by atoms with E-state index in [1.54, 1.807) is 21.6 Å². The van der Waals surface area contributed by atoms with Gasteiger partial charge in [0.2, 0.25) is 5.91 Å². The van der Waals surface area contributed by atoms with Crippen LogP contribution in [0.1, 0.15) is 25.0 Å². The molecule has 3 heterocycles. The highest BCUT2D eigenvalue weighted by Crippen LogP contribution is 2.34. The molecule has 30 heavy (non-hydrogen) atoms. The van der Waals surface area contributed by atoms with Crippen LogP contribution in [0.25, 0.3) is 0 Å². The number of carbonyl (C=O) groups is 2. The lowest BCUT2D eigenvalue weighted by atomic mass is 9.83. The van der Waals surface area contributed by atoms with Crippen LogP contribution in [0.5, 0.6) is 0 Å². The van der Waals surface area contributed by atoms with E-state index in [0.29, 0.717) is 19.6 Å². The van der Waals surface area contributed by atoms with E-state index in [1.807, 2.05) is 6.07 Å². The lowest BCUT2D eigenvalue weighted by Crippen LogP contribution is -2.54. The first-order chi connectivity index (χ1) is 14.3. The van der Waals surface area contributed by atoms with Crippen molar-refractivity contribution in [1.82, 2.24) is 14.8 Å². The van der Waals surface area contributed by atoms with E-state index in [9.17, 15) is 23.2 Å². The van der Waals surface area contributed by atoms with Crippen molar-refractivity contribution < 1.29 is 18.4 Å². The van der Waals surface area contributed by atoms with Crippen molar-refractivity contribution in [2.45, 2.75) is 31.8 Å². The quantitative estimate of drug-likeness (QED) is 0.805. The van der Waals surface area contributed by atoms with Gasteiger partial charge in [0.15, 0.2) is 11.6 Å². The number of anilines is 1. The SMILES string of the molecule is C[C@H](NC(=O)N1C[C@@H]2C[C@@H](C1)c1cccc(=O)n1C2)C(=O)Nc1ccc(F)c(F)c1. The largest absolute Gasteiger partial charge is 0.326 e. The highest BCUT2D eigenvalue weighted by Gasteiger charge is 2.36. The summed E-state index contributed by atoms with van der Waals surface area (Å²) in [5.41, 5.74) is 1.01. The van der Waals surface area contributed by atoms with Gasteiger partial charge in [-0.1, -0.05) is 6.07 Å². The molecule has 4 rings (SSSR count). The summed E-state index contributed by atoms with van der Waals surface area (Å²) in [4.78, 5) is 38.8. The van der Waals surface area contributed by atoms with Gasteiger partial charge in [-0.3, -0.25) is 9.59 Å². The van der Waals surface area contributed by atoms with Crippen LogP contribution in [0.4, 0.5) is 19.3 Å². The van der Waals surface area contributed by atoms with Gasteiger partial charge in [-0.2, -0.15) is 0 Å². The minimum atomic E-state index is -1.07. The van der Waals surface area contributed by atoms with Crippen molar-refractivity contribution in [3.05, 3.63) is 64.1 Å². The molecule has 2 bridgehead atoms. The van der Waals surface area contributed by atoms with Crippen LogP contribution < -0.4 is 16.2 Å². The number of halogens is 2. The van der Waals surface area contributed by atoms with Crippen LogP contribution in [0, 0.1) is 17.6 Å². The predicted molar refractivity (Wildman–Crippen MR) is 106 cm³/mol. The van der Waals surface area contributed by atoms with Crippen molar-refractivity contribution in [3.63, 3.8) is 0 Å². The standard InChI is InChI=1S/C21H22F2N4O3/c1-12(20(29)25-15-5-6-16(22)17(23)8-15)24-21(30)26-9-13-7-14(11-26)18-3-2-4-19(28)27(18)10-13/h2-6,8,12-14H,7,9-11H2,1H3,(H,24,30)(H,25,29)/t12-,13-,14-/m0/s1. The first-order valence-electron chi connectivity index (χ1n) is 9.83. The lowest BCUT2D eigenvalue weighted by Gasteiger charge is -2.42. The van der Waals surface area contributed by atoms with Gasteiger partial charge in [0.25, 0.3) is 5.56 Å². The van der Waals surface area contributed by atoms with Gasteiger partial charge in [0.05, 0.1) is 0 Å². The Morgan fingerprint density at radius 2 is 1.90 bits per heavy atom. The molecule has 2 aromatic rings. The van der Waals surface area contributed by atoms with E-state index >= 15 is 0 Å². The first kappa shape index (κ1) is 20.1. The Hall–Kier alpha value is -3.23. The van der Waals surface area contributed by atoms with Gasteiger partial charge in [-0.15, -0.1) is 0 Å². The molecule has 0 aliphatic carbocycles. The minimum Gasteiger partial charge on any atom is -0.326 e. The number of hydrogen-bond acceptors (Lipinski definition) is 3. The fourth-order valence-electron chi connectivity index (χ4n) is 4.23. The Morgan fingerprint density at radius 3 is 2.67 bits per heavy atom. The monoisotopic (exact) mass is 416 g/mol. The molecule has 2 N–H and O–H groups in total. The highest BCUT2D eigenvalue weighted by atomic mass is 19.2. The number of benzene rings is 1.